The number of Topliss-reactive ketones (excluding diaryl/α,β-unsaturated/α-hetero) is 1. The average Bonchev–Trinajstić information content (AvgIpc) is 2.65. The standard InChI is InChI=1S/C17H29NO4/c1-16(2,3)22-15(20)18-13(11-21-17(18,4)5)10-12-8-6-7-9-14(12)19/h12-13H,6-11H2,1-5H3. The molecule has 0 aromatic heterocycles. The van der Waals surface area contributed by atoms with E-state index in [2.05, 4.69) is 0 Å². The quantitative estimate of drug-likeness (QED) is 0.783. The van der Waals surface area contributed by atoms with E-state index in [1.54, 1.807) is 4.90 Å². The van der Waals surface area contributed by atoms with Gasteiger partial charge in [0, 0.05) is 12.3 Å². The minimum atomic E-state index is -0.690. The highest BCUT2D eigenvalue weighted by atomic mass is 16.6. The number of ketones is 1. The fourth-order valence-electron chi connectivity index (χ4n) is 3.37. The van der Waals surface area contributed by atoms with Crippen LogP contribution >= 0.6 is 0 Å². The first-order valence-electron chi connectivity index (χ1n) is 8.29. The molecule has 22 heavy (non-hydrogen) atoms. The summed E-state index contributed by atoms with van der Waals surface area (Å²) in [7, 11) is 0. The molecule has 2 fully saturated rings. The van der Waals surface area contributed by atoms with Crippen LogP contribution in [-0.2, 0) is 14.3 Å². The first-order chi connectivity index (χ1) is 10.1. The molecule has 1 saturated carbocycles. The van der Waals surface area contributed by atoms with E-state index in [-0.39, 0.29) is 18.1 Å². The largest absolute Gasteiger partial charge is 0.444 e. The van der Waals surface area contributed by atoms with E-state index < -0.39 is 11.3 Å². The van der Waals surface area contributed by atoms with Gasteiger partial charge in [-0.25, -0.2) is 4.79 Å². The Balaban J connectivity index is 2.09. The van der Waals surface area contributed by atoms with Gasteiger partial charge in [0.25, 0.3) is 0 Å². The molecule has 0 radical (unpaired) electrons. The molecule has 2 rings (SSSR count). The molecule has 5 heteroatoms. The number of rotatable bonds is 2. The number of hydrogen-bond acceptors (Lipinski definition) is 4. The molecule has 0 spiro atoms. The Kier molecular flexibility index (Phi) is 4.85. The van der Waals surface area contributed by atoms with Crippen LogP contribution in [0.1, 0.15) is 66.7 Å². The zero-order valence-electron chi connectivity index (χ0n) is 14.5. The molecule has 0 aromatic carbocycles. The number of nitrogens with zero attached hydrogens (tertiary/aromatic N) is 1. The van der Waals surface area contributed by atoms with Gasteiger partial charge in [-0.3, -0.25) is 9.69 Å². The Labute approximate surface area is 133 Å². The van der Waals surface area contributed by atoms with Crippen LogP contribution in [0.2, 0.25) is 0 Å². The molecule has 0 N–H and O–H groups in total. The van der Waals surface area contributed by atoms with E-state index in [0.29, 0.717) is 25.2 Å². The van der Waals surface area contributed by atoms with Crippen molar-refractivity contribution in [3.05, 3.63) is 0 Å². The summed E-state index contributed by atoms with van der Waals surface area (Å²) in [5.74, 6) is 0.390. The molecule has 5 nitrogen and oxygen atoms in total. The van der Waals surface area contributed by atoms with Crippen LogP contribution in [0.3, 0.4) is 0 Å². The lowest BCUT2D eigenvalue weighted by Crippen LogP contribution is -2.50. The van der Waals surface area contributed by atoms with Crippen LogP contribution < -0.4 is 0 Å². The van der Waals surface area contributed by atoms with Crippen molar-refractivity contribution in [1.29, 1.82) is 0 Å². The Hall–Kier alpha value is -1.10. The number of amides is 1. The van der Waals surface area contributed by atoms with E-state index in [9.17, 15) is 9.59 Å². The summed E-state index contributed by atoms with van der Waals surface area (Å²) < 4.78 is 11.3. The van der Waals surface area contributed by atoms with Gasteiger partial charge in [-0.2, -0.15) is 0 Å². The molecular formula is C17H29NO4. The topological polar surface area (TPSA) is 55.8 Å². The first-order valence-corrected chi connectivity index (χ1v) is 8.29. The van der Waals surface area contributed by atoms with E-state index in [1.807, 2.05) is 34.6 Å². The van der Waals surface area contributed by atoms with Crippen LogP contribution in [0, 0.1) is 5.92 Å². The Bertz CT molecular complexity index is 438. The highest BCUT2D eigenvalue weighted by Crippen LogP contribution is 2.34. The Morgan fingerprint density at radius 1 is 1.36 bits per heavy atom. The Morgan fingerprint density at radius 2 is 2.05 bits per heavy atom. The van der Waals surface area contributed by atoms with Crippen molar-refractivity contribution in [2.75, 3.05) is 6.61 Å². The molecule has 0 aromatic rings. The van der Waals surface area contributed by atoms with Crippen molar-refractivity contribution < 1.29 is 19.1 Å². The SMILES string of the molecule is CC(C)(C)OC(=O)N1C(CC2CCCCC2=O)COC1(C)C. The maximum absolute atomic E-state index is 12.5. The lowest BCUT2D eigenvalue weighted by molar-refractivity contribution is -0.125. The van der Waals surface area contributed by atoms with Gasteiger partial charge in [0.2, 0.25) is 0 Å². The van der Waals surface area contributed by atoms with Crippen LogP contribution in [-0.4, -0.2) is 40.8 Å². The van der Waals surface area contributed by atoms with E-state index in [0.717, 1.165) is 19.3 Å². The maximum Gasteiger partial charge on any atom is 0.412 e. The molecule has 126 valence electrons. The smallest absolute Gasteiger partial charge is 0.412 e. The van der Waals surface area contributed by atoms with Crippen molar-refractivity contribution in [1.82, 2.24) is 4.90 Å². The fraction of sp³-hybridized carbons (Fsp3) is 0.882. The molecular weight excluding hydrogens is 282 g/mol. The minimum absolute atomic E-state index is 0.0567. The highest BCUT2D eigenvalue weighted by Gasteiger charge is 2.46. The maximum atomic E-state index is 12.5. The fourth-order valence-corrected chi connectivity index (χ4v) is 3.37. The molecule has 1 amide bonds. The molecule has 2 unspecified atom stereocenters. The molecule has 2 aliphatic rings. The summed E-state index contributed by atoms with van der Waals surface area (Å²) >= 11 is 0. The summed E-state index contributed by atoms with van der Waals surface area (Å²) in [6, 6.07) is -0.0862. The van der Waals surface area contributed by atoms with Crippen LogP contribution in [0.4, 0.5) is 4.79 Å². The van der Waals surface area contributed by atoms with Crippen molar-refractivity contribution in [2.45, 2.75) is 84.1 Å². The third-order valence-corrected chi connectivity index (χ3v) is 4.40. The van der Waals surface area contributed by atoms with Crippen LogP contribution in [0.5, 0.6) is 0 Å². The lowest BCUT2D eigenvalue weighted by Gasteiger charge is -2.36. The van der Waals surface area contributed by atoms with E-state index in [4.69, 9.17) is 9.47 Å². The molecule has 1 saturated heterocycles. The van der Waals surface area contributed by atoms with Gasteiger partial charge < -0.3 is 9.47 Å². The van der Waals surface area contributed by atoms with Gasteiger partial charge in [0.1, 0.15) is 17.1 Å². The van der Waals surface area contributed by atoms with Crippen molar-refractivity contribution in [3.63, 3.8) is 0 Å². The van der Waals surface area contributed by atoms with Gasteiger partial charge in [0.15, 0.2) is 0 Å². The zero-order chi connectivity index (χ0) is 16.5. The second kappa shape index (κ2) is 6.19. The van der Waals surface area contributed by atoms with Crippen LogP contribution in [0.15, 0.2) is 0 Å². The average molecular weight is 311 g/mol. The Morgan fingerprint density at radius 3 is 2.64 bits per heavy atom. The zero-order valence-corrected chi connectivity index (χ0v) is 14.5. The van der Waals surface area contributed by atoms with E-state index >= 15 is 0 Å². The van der Waals surface area contributed by atoms with Gasteiger partial charge in [-0.1, -0.05) is 6.42 Å². The monoisotopic (exact) mass is 311 g/mol. The molecule has 1 heterocycles. The second-order valence-electron chi connectivity index (χ2n) is 7.91. The summed E-state index contributed by atoms with van der Waals surface area (Å²) in [6.45, 7) is 9.78. The van der Waals surface area contributed by atoms with Crippen molar-refractivity contribution in [2.24, 2.45) is 5.92 Å². The van der Waals surface area contributed by atoms with E-state index in [1.165, 1.54) is 0 Å². The number of hydrogen-bond donors (Lipinski definition) is 0. The number of ether oxygens (including phenoxy) is 2. The number of carbonyl (C=O) groups excluding carboxylic acids is 2. The third-order valence-electron chi connectivity index (χ3n) is 4.40. The predicted octanol–water partition coefficient (Wildman–Crippen LogP) is 3.51. The first kappa shape index (κ1) is 17.3. The lowest BCUT2D eigenvalue weighted by atomic mass is 9.83. The normalized spacial score (nSPS) is 28.8. The third kappa shape index (κ3) is 4.00. The summed E-state index contributed by atoms with van der Waals surface area (Å²) in [6.07, 6.45) is 4.02. The van der Waals surface area contributed by atoms with Crippen LogP contribution in [0.25, 0.3) is 0 Å². The minimum Gasteiger partial charge on any atom is -0.444 e. The van der Waals surface area contributed by atoms with Crippen molar-refractivity contribution >= 4 is 11.9 Å². The summed E-state index contributed by atoms with van der Waals surface area (Å²) in [5.41, 5.74) is -1.23. The van der Waals surface area contributed by atoms with Gasteiger partial charge >= 0.3 is 6.09 Å². The second-order valence-corrected chi connectivity index (χ2v) is 7.91. The summed E-state index contributed by atoms with van der Waals surface area (Å²) in [5, 5.41) is 0. The molecule has 1 aliphatic heterocycles. The van der Waals surface area contributed by atoms with Gasteiger partial charge in [-0.05, 0) is 53.9 Å². The predicted molar refractivity (Wildman–Crippen MR) is 83.5 cm³/mol. The molecule has 2 atom stereocenters. The van der Waals surface area contributed by atoms with Gasteiger partial charge in [-0.15, -0.1) is 0 Å². The van der Waals surface area contributed by atoms with Gasteiger partial charge in [0.05, 0.1) is 12.6 Å². The molecule has 1 aliphatic carbocycles. The number of carbonyl (C=O) groups is 2. The molecule has 0 bridgehead atoms. The van der Waals surface area contributed by atoms with Crippen molar-refractivity contribution in [3.8, 4) is 0 Å². The summed E-state index contributed by atoms with van der Waals surface area (Å²) in [4.78, 5) is 26.3. The highest BCUT2D eigenvalue weighted by molar-refractivity contribution is 5.81.